The van der Waals surface area contributed by atoms with Crippen molar-refractivity contribution in [3.05, 3.63) is 40.7 Å². The smallest absolute Gasteiger partial charge is 0.241 e. The van der Waals surface area contributed by atoms with Crippen molar-refractivity contribution >= 4 is 11.3 Å². The van der Waals surface area contributed by atoms with Crippen LogP contribution < -0.4 is 0 Å². The van der Waals surface area contributed by atoms with E-state index in [1.165, 1.54) is 11.3 Å². The number of thiazole rings is 1. The highest BCUT2D eigenvalue weighted by atomic mass is 32.1. The zero-order valence-corrected chi connectivity index (χ0v) is 10.5. The Hall–Kier alpha value is -1.43. The first-order valence-corrected chi connectivity index (χ1v) is 6.65. The maximum atomic E-state index is 13.7. The van der Waals surface area contributed by atoms with E-state index in [1.54, 1.807) is 5.38 Å². The molecule has 1 aromatic carbocycles. The van der Waals surface area contributed by atoms with Crippen LogP contribution in [0, 0.1) is 5.82 Å². The van der Waals surface area contributed by atoms with Gasteiger partial charge in [0.2, 0.25) is 0 Å². The minimum Gasteiger partial charge on any atom is -0.241 e. The first kappa shape index (κ1) is 12.6. The fourth-order valence-corrected chi connectivity index (χ4v) is 2.76. The summed E-state index contributed by atoms with van der Waals surface area (Å²) in [6.07, 6.45) is -2.37. The van der Waals surface area contributed by atoms with Crippen molar-refractivity contribution in [2.75, 3.05) is 0 Å². The highest BCUT2D eigenvalue weighted by molar-refractivity contribution is 7.13. The summed E-state index contributed by atoms with van der Waals surface area (Å²) in [4.78, 5) is 4.24. The molecule has 19 heavy (non-hydrogen) atoms. The minimum absolute atomic E-state index is 0.0771. The summed E-state index contributed by atoms with van der Waals surface area (Å²) < 4.78 is 51.5. The van der Waals surface area contributed by atoms with E-state index >= 15 is 0 Å². The summed E-state index contributed by atoms with van der Waals surface area (Å²) in [5, 5.41) is 2.11. The third kappa shape index (κ3) is 2.49. The van der Waals surface area contributed by atoms with Crippen molar-refractivity contribution in [3.63, 3.8) is 0 Å². The molecule has 1 aliphatic rings. The third-order valence-electron chi connectivity index (χ3n) is 3.04. The Bertz CT molecular complexity index is 613. The molecule has 1 aliphatic carbocycles. The minimum atomic E-state index is -4.47. The predicted octanol–water partition coefficient (Wildman–Crippen LogP) is 4.85. The van der Waals surface area contributed by atoms with Gasteiger partial charge in [-0.2, -0.15) is 13.2 Å². The van der Waals surface area contributed by atoms with Crippen LogP contribution in [0.25, 0.3) is 10.6 Å². The number of halogens is 4. The molecule has 0 bridgehead atoms. The van der Waals surface area contributed by atoms with Gasteiger partial charge < -0.3 is 0 Å². The molecule has 1 aromatic heterocycles. The summed E-state index contributed by atoms with van der Waals surface area (Å²) in [7, 11) is 0. The molecule has 0 atom stereocenters. The lowest BCUT2D eigenvalue weighted by atomic mass is 10.1. The fraction of sp³-hybridized carbons (Fsp3) is 0.308. The van der Waals surface area contributed by atoms with Crippen molar-refractivity contribution in [1.82, 2.24) is 4.98 Å². The number of nitrogens with zero attached hydrogens (tertiary/aromatic N) is 1. The molecule has 2 aromatic rings. The highest BCUT2D eigenvalue weighted by Gasteiger charge is 2.32. The van der Waals surface area contributed by atoms with E-state index in [9.17, 15) is 17.6 Å². The van der Waals surface area contributed by atoms with E-state index in [0.29, 0.717) is 10.9 Å². The van der Waals surface area contributed by atoms with Crippen LogP contribution in [0.3, 0.4) is 0 Å². The topological polar surface area (TPSA) is 12.9 Å². The Morgan fingerprint density at radius 3 is 2.58 bits per heavy atom. The van der Waals surface area contributed by atoms with Gasteiger partial charge >= 0.3 is 6.18 Å². The van der Waals surface area contributed by atoms with Crippen molar-refractivity contribution in [2.45, 2.75) is 24.9 Å². The number of alkyl halides is 3. The van der Waals surface area contributed by atoms with Gasteiger partial charge in [0, 0.05) is 16.9 Å². The zero-order chi connectivity index (χ0) is 13.6. The molecule has 3 rings (SSSR count). The van der Waals surface area contributed by atoms with E-state index in [0.717, 1.165) is 36.7 Å². The zero-order valence-electron chi connectivity index (χ0n) is 9.67. The second-order valence-electron chi connectivity index (χ2n) is 4.54. The lowest BCUT2D eigenvalue weighted by molar-refractivity contribution is -0.137. The molecule has 0 saturated heterocycles. The molecule has 1 heterocycles. The molecule has 0 radical (unpaired) electrons. The van der Waals surface area contributed by atoms with Gasteiger partial charge in [0.15, 0.2) is 0 Å². The summed E-state index contributed by atoms with van der Waals surface area (Å²) in [5.74, 6) is -0.274. The molecular weight excluding hydrogens is 278 g/mol. The monoisotopic (exact) mass is 287 g/mol. The molecule has 0 unspecified atom stereocenters. The van der Waals surface area contributed by atoms with Gasteiger partial charge in [-0.3, -0.25) is 0 Å². The first-order valence-electron chi connectivity index (χ1n) is 5.77. The van der Waals surface area contributed by atoms with Crippen molar-refractivity contribution in [1.29, 1.82) is 0 Å². The molecule has 0 spiro atoms. The van der Waals surface area contributed by atoms with Crippen LogP contribution in [0.1, 0.15) is 30.0 Å². The summed E-state index contributed by atoms with van der Waals surface area (Å²) in [6.45, 7) is 0. The predicted molar refractivity (Wildman–Crippen MR) is 64.5 cm³/mol. The molecule has 0 N–H and O–H groups in total. The molecule has 100 valence electrons. The van der Waals surface area contributed by atoms with Gasteiger partial charge in [-0.05, 0) is 31.0 Å². The highest BCUT2D eigenvalue weighted by Crippen LogP contribution is 2.42. The quantitative estimate of drug-likeness (QED) is 0.720. The van der Waals surface area contributed by atoms with Gasteiger partial charge in [-0.25, -0.2) is 9.37 Å². The second-order valence-corrected chi connectivity index (χ2v) is 5.40. The average Bonchev–Trinajstić information content (AvgIpc) is 3.07. The lowest BCUT2D eigenvalue weighted by Crippen LogP contribution is -2.05. The molecule has 1 fully saturated rings. The third-order valence-corrected chi connectivity index (χ3v) is 3.94. The number of benzene rings is 1. The number of hydrogen-bond acceptors (Lipinski definition) is 2. The van der Waals surface area contributed by atoms with Crippen LogP contribution >= 0.6 is 11.3 Å². The van der Waals surface area contributed by atoms with Crippen LogP contribution in [-0.2, 0) is 6.18 Å². The van der Waals surface area contributed by atoms with E-state index in [2.05, 4.69) is 4.98 Å². The normalized spacial score (nSPS) is 15.8. The maximum absolute atomic E-state index is 13.7. The van der Waals surface area contributed by atoms with Gasteiger partial charge in [-0.1, -0.05) is 0 Å². The van der Waals surface area contributed by atoms with Crippen molar-refractivity contribution in [3.8, 4) is 10.6 Å². The van der Waals surface area contributed by atoms with Crippen LogP contribution in [-0.4, -0.2) is 4.98 Å². The lowest BCUT2D eigenvalue weighted by Gasteiger charge is -2.08. The summed E-state index contributed by atoms with van der Waals surface area (Å²) in [5.41, 5.74) is -0.0735. The van der Waals surface area contributed by atoms with Gasteiger partial charge in [0.25, 0.3) is 0 Å². The SMILES string of the molecule is Fc1ccc(C(F)(F)F)cc1-c1nc(C2CC2)cs1. The maximum Gasteiger partial charge on any atom is 0.416 e. The van der Waals surface area contributed by atoms with Crippen molar-refractivity contribution in [2.24, 2.45) is 0 Å². The molecule has 6 heteroatoms. The summed E-state index contributed by atoms with van der Waals surface area (Å²) >= 11 is 1.19. The van der Waals surface area contributed by atoms with Crippen LogP contribution in [0.4, 0.5) is 17.6 Å². The first-order chi connectivity index (χ1) is 8.95. The van der Waals surface area contributed by atoms with Crippen LogP contribution in [0.15, 0.2) is 23.6 Å². The molecule has 0 amide bonds. The second kappa shape index (κ2) is 4.30. The van der Waals surface area contributed by atoms with Crippen LogP contribution in [0.2, 0.25) is 0 Å². The van der Waals surface area contributed by atoms with Crippen LogP contribution in [0.5, 0.6) is 0 Å². The standard InChI is InChI=1S/C13H9F4NS/c14-10-4-3-8(13(15,16)17)5-9(10)12-18-11(6-19-12)7-1-2-7/h3-7H,1-2H2. The van der Waals surface area contributed by atoms with Gasteiger partial charge in [0.05, 0.1) is 11.3 Å². The Morgan fingerprint density at radius 1 is 1.21 bits per heavy atom. The van der Waals surface area contributed by atoms with Crippen molar-refractivity contribution < 1.29 is 17.6 Å². The van der Waals surface area contributed by atoms with E-state index in [1.807, 2.05) is 0 Å². The van der Waals surface area contributed by atoms with E-state index in [4.69, 9.17) is 0 Å². The molecular formula is C13H9F4NS. The number of rotatable bonds is 2. The van der Waals surface area contributed by atoms with E-state index in [-0.39, 0.29) is 5.56 Å². The van der Waals surface area contributed by atoms with Gasteiger partial charge in [0.1, 0.15) is 10.8 Å². The Balaban J connectivity index is 2.02. The Kier molecular flexibility index (Phi) is 2.85. The average molecular weight is 287 g/mol. The largest absolute Gasteiger partial charge is 0.416 e. The summed E-state index contributed by atoms with van der Waals surface area (Å²) in [6, 6.07) is 2.41. The number of aromatic nitrogens is 1. The Labute approximate surface area is 110 Å². The fourth-order valence-electron chi connectivity index (χ4n) is 1.84. The van der Waals surface area contributed by atoms with Gasteiger partial charge in [-0.15, -0.1) is 11.3 Å². The number of hydrogen-bond donors (Lipinski definition) is 0. The molecule has 1 saturated carbocycles. The molecule has 0 aliphatic heterocycles. The van der Waals surface area contributed by atoms with E-state index < -0.39 is 17.6 Å². The molecule has 1 nitrogen and oxygen atoms in total. The Morgan fingerprint density at radius 2 is 1.95 bits per heavy atom.